The second-order valence-corrected chi connectivity index (χ2v) is 3.94. The molecule has 4 nitrogen and oxygen atoms in total. The second kappa shape index (κ2) is 6.93. The van der Waals surface area contributed by atoms with Crippen molar-refractivity contribution in [1.29, 1.82) is 0 Å². The highest BCUT2D eigenvalue weighted by Crippen LogP contribution is 2.13. The van der Waals surface area contributed by atoms with E-state index >= 15 is 0 Å². The highest BCUT2D eigenvalue weighted by atomic mass is 16.5. The first kappa shape index (κ1) is 14.4. The van der Waals surface area contributed by atoms with Crippen LogP contribution in [0.25, 0.3) is 6.08 Å². The molecule has 1 rings (SSSR count). The molecule has 0 aliphatic rings. The van der Waals surface area contributed by atoms with Gasteiger partial charge in [-0.2, -0.15) is 0 Å². The number of ether oxygens (including phenoxy) is 1. The van der Waals surface area contributed by atoms with Crippen molar-refractivity contribution >= 4 is 12.0 Å². The second-order valence-electron chi connectivity index (χ2n) is 3.94. The van der Waals surface area contributed by atoms with Crippen molar-refractivity contribution in [1.82, 2.24) is 0 Å². The summed E-state index contributed by atoms with van der Waals surface area (Å²) >= 11 is 0. The number of aliphatic hydroxyl groups excluding tert-OH is 2. The van der Waals surface area contributed by atoms with Crippen LogP contribution in [0.15, 0.2) is 35.9 Å². The van der Waals surface area contributed by atoms with Crippen molar-refractivity contribution < 1.29 is 19.7 Å². The van der Waals surface area contributed by atoms with Crippen LogP contribution in [0.1, 0.15) is 19.4 Å². The lowest BCUT2D eigenvalue weighted by Crippen LogP contribution is -2.36. The minimum atomic E-state index is -1.55. The van der Waals surface area contributed by atoms with Gasteiger partial charge in [0.1, 0.15) is 6.10 Å². The topological polar surface area (TPSA) is 66.8 Å². The largest absolute Gasteiger partial charge is 0.464 e. The Labute approximate surface area is 107 Å². The fraction of sp³-hybridized carbons (Fsp3) is 0.357. The Hall–Kier alpha value is -1.65. The highest BCUT2D eigenvalue weighted by molar-refractivity contribution is 5.76. The van der Waals surface area contributed by atoms with Gasteiger partial charge in [-0.05, 0) is 25.0 Å². The molecule has 0 saturated heterocycles. The van der Waals surface area contributed by atoms with Gasteiger partial charge < -0.3 is 14.9 Å². The molecule has 0 unspecified atom stereocenters. The van der Waals surface area contributed by atoms with E-state index in [0.717, 1.165) is 5.56 Å². The molecule has 0 radical (unpaired) electrons. The number of carbonyl (C=O) groups excluding carboxylic acids is 1. The van der Waals surface area contributed by atoms with Gasteiger partial charge in [0.15, 0.2) is 6.10 Å². The molecule has 18 heavy (non-hydrogen) atoms. The van der Waals surface area contributed by atoms with Crippen LogP contribution >= 0.6 is 0 Å². The molecule has 0 aromatic heterocycles. The van der Waals surface area contributed by atoms with Crippen LogP contribution in [0, 0.1) is 0 Å². The number of benzene rings is 1. The number of hydrogen-bond acceptors (Lipinski definition) is 4. The molecule has 2 N–H and O–H groups in total. The summed E-state index contributed by atoms with van der Waals surface area (Å²) in [5, 5.41) is 19.4. The molecule has 0 amide bonds. The van der Waals surface area contributed by atoms with E-state index in [1.165, 1.54) is 0 Å². The zero-order valence-corrected chi connectivity index (χ0v) is 10.5. The minimum Gasteiger partial charge on any atom is -0.464 e. The fourth-order valence-electron chi connectivity index (χ4n) is 1.50. The number of rotatable bonds is 5. The predicted octanol–water partition coefficient (Wildman–Crippen LogP) is 1.37. The van der Waals surface area contributed by atoms with E-state index in [4.69, 9.17) is 0 Å². The monoisotopic (exact) mass is 250 g/mol. The van der Waals surface area contributed by atoms with Gasteiger partial charge in [0.2, 0.25) is 0 Å². The van der Waals surface area contributed by atoms with E-state index in [1.807, 2.05) is 30.3 Å². The maximum atomic E-state index is 11.3. The average Bonchev–Trinajstić information content (AvgIpc) is 2.38. The normalized spacial score (nSPS) is 15.0. The fourth-order valence-corrected chi connectivity index (χ4v) is 1.50. The first-order valence-electron chi connectivity index (χ1n) is 5.82. The van der Waals surface area contributed by atoms with E-state index in [-0.39, 0.29) is 6.61 Å². The van der Waals surface area contributed by atoms with E-state index in [1.54, 1.807) is 19.9 Å². The van der Waals surface area contributed by atoms with Crippen molar-refractivity contribution in [3.05, 3.63) is 41.5 Å². The van der Waals surface area contributed by atoms with Crippen molar-refractivity contribution in [2.24, 2.45) is 0 Å². The van der Waals surface area contributed by atoms with E-state index in [2.05, 4.69) is 4.74 Å². The summed E-state index contributed by atoms with van der Waals surface area (Å²) in [4.78, 5) is 11.3. The van der Waals surface area contributed by atoms with Gasteiger partial charge in [0.25, 0.3) is 0 Å². The average molecular weight is 250 g/mol. The van der Waals surface area contributed by atoms with Crippen LogP contribution in [-0.2, 0) is 9.53 Å². The van der Waals surface area contributed by atoms with Crippen molar-refractivity contribution in [2.75, 3.05) is 6.61 Å². The van der Waals surface area contributed by atoms with Crippen molar-refractivity contribution in [3.63, 3.8) is 0 Å². The number of aliphatic hydroxyl groups is 2. The highest BCUT2D eigenvalue weighted by Gasteiger charge is 2.26. The molecule has 98 valence electrons. The Morgan fingerprint density at radius 1 is 1.28 bits per heavy atom. The van der Waals surface area contributed by atoms with Gasteiger partial charge >= 0.3 is 5.97 Å². The molecular weight excluding hydrogens is 232 g/mol. The van der Waals surface area contributed by atoms with Crippen molar-refractivity contribution in [3.8, 4) is 0 Å². The zero-order valence-electron chi connectivity index (χ0n) is 10.5. The molecule has 0 fully saturated rings. The lowest BCUT2D eigenvalue weighted by molar-refractivity contribution is -0.157. The smallest absolute Gasteiger partial charge is 0.338 e. The molecular formula is C14H18O4. The molecule has 2 atom stereocenters. The lowest BCUT2D eigenvalue weighted by Gasteiger charge is -2.17. The van der Waals surface area contributed by atoms with Crippen LogP contribution in [-0.4, -0.2) is 35.0 Å². The van der Waals surface area contributed by atoms with E-state index in [0.29, 0.717) is 5.57 Å². The zero-order chi connectivity index (χ0) is 13.5. The summed E-state index contributed by atoms with van der Waals surface area (Å²) in [5.41, 5.74) is 1.40. The molecule has 1 aromatic rings. The van der Waals surface area contributed by atoms with Crippen molar-refractivity contribution in [2.45, 2.75) is 26.1 Å². The van der Waals surface area contributed by atoms with Gasteiger partial charge in [-0.3, -0.25) is 0 Å². The van der Waals surface area contributed by atoms with Gasteiger partial charge in [-0.1, -0.05) is 36.4 Å². The maximum Gasteiger partial charge on any atom is 0.338 e. The maximum absolute atomic E-state index is 11.3. The Kier molecular flexibility index (Phi) is 5.55. The first-order valence-corrected chi connectivity index (χ1v) is 5.82. The Bertz CT molecular complexity index is 411. The van der Waals surface area contributed by atoms with Gasteiger partial charge in [0, 0.05) is 0 Å². The van der Waals surface area contributed by atoms with E-state index < -0.39 is 18.2 Å². The third kappa shape index (κ3) is 3.98. The molecule has 1 aromatic carbocycles. The van der Waals surface area contributed by atoms with Crippen LogP contribution in [0.4, 0.5) is 0 Å². The molecule has 0 aliphatic heterocycles. The first-order chi connectivity index (χ1) is 8.56. The molecule has 0 bridgehead atoms. The van der Waals surface area contributed by atoms with Crippen LogP contribution in [0.2, 0.25) is 0 Å². The van der Waals surface area contributed by atoms with Crippen LogP contribution < -0.4 is 0 Å². The summed E-state index contributed by atoms with van der Waals surface area (Å²) in [5.74, 6) is -0.814. The van der Waals surface area contributed by atoms with Crippen LogP contribution in [0.5, 0.6) is 0 Å². The SMILES string of the molecule is CCOC(=O)[C@H](O)[C@@H](O)/C(C)=C/c1ccccc1. The Morgan fingerprint density at radius 2 is 1.89 bits per heavy atom. The van der Waals surface area contributed by atoms with Gasteiger partial charge in [0.05, 0.1) is 6.61 Å². The molecule has 0 heterocycles. The standard InChI is InChI=1S/C14H18O4/c1-3-18-14(17)13(16)12(15)10(2)9-11-7-5-4-6-8-11/h4-9,12-13,15-16H,3H2,1-2H3/b10-9+/t12-,13+/m0/s1. The molecule has 4 heteroatoms. The van der Waals surface area contributed by atoms with E-state index in [9.17, 15) is 15.0 Å². The third-order valence-electron chi connectivity index (χ3n) is 2.49. The number of hydrogen-bond donors (Lipinski definition) is 2. The number of esters is 1. The minimum absolute atomic E-state index is 0.171. The van der Waals surface area contributed by atoms with Gasteiger partial charge in [-0.25, -0.2) is 4.79 Å². The molecule has 0 spiro atoms. The molecule has 0 aliphatic carbocycles. The van der Waals surface area contributed by atoms with Crippen LogP contribution in [0.3, 0.4) is 0 Å². The van der Waals surface area contributed by atoms with Gasteiger partial charge in [-0.15, -0.1) is 0 Å². The summed E-state index contributed by atoms with van der Waals surface area (Å²) in [6, 6.07) is 9.36. The predicted molar refractivity (Wildman–Crippen MR) is 68.7 cm³/mol. The number of carbonyl (C=O) groups is 1. The Balaban J connectivity index is 2.74. The molecule has 0 saturated carbocycles. The summed E-state index contributed by atoms with van der Waals surface area (Å²) in [6.45, 7) is 3.47. The summed E-state index contributed by atoms with van der Waals surface area (Å²) in [7, 11) is 0. The Morgan fingerprint density at radius 3 is 2.44 bits per heavy atom. The third-order valence-corrected chi connectivity index (χ3v) is 2.49. The summed E-state index contributed by atoms with van der Waals surface area (Å²) in [6.07, 6.45) is -1.10. The summed E-state index contributed by atoms with van der Waals surface area (Å²) < 4.78 is 4.65. The lowest BCUT2D eigenvalue weighted by atomic mass is 10.0. The quantitative estimate of drug-likeness (QED) is 0.775.